The number of azo groups is 1. The minimum absolute atomic E-state index is 0.00207. The Balaban J connectivity index is 1.54. The third-order valence-corrected chi connectivity index (χ3v) is 6.04. The maximum absolute atomic E-state index is 12.9. The third kappa shape index (κ3) is 5.90. The van der Waals surface area contributed by atoms with Gasteiger partial charge in [0.1, 0.15) is 5.75 Å². The molecule has 0 saturated carbocycles. The number of nitrogens with zero attached hydrogens (tertiary/aromatic N) is 3. The molecule has 3 aromatic carbocycles. The van der Waals surface area contributed by atoms with Crippen LogP contribution < -0.4 is 0 Å². The van der Waals surface area contributed by atoms with Crippen LogP contribution in [0.5, 0.6) is 5.75 Å². The average Bonchev–Trinajstić information content (AvgIpc) is 3.08. The summed E-state index contributed by atoms with van der Waals surface area (Å²) in [4.78, 5) is 26.4. The van der Waals surface area contributed by atoms with Gasteiger partial charge in [-0.15, -0.1) is 0 Å². The Kier molecular flexibility index (Phi) is 6.95. The molecule has 6 nitrogen and oxygen atoms in total. The highest BCUT2D eigenvalue weighted by Crippen LogP contribution is 2.36. The first-order valence-corrected chi connectivity index (χ1v) is 11.2. The van der Waals surface area contributed by atoms with E-state index in [1.165, 1.54) is 36.4 Å². The van der Waals surface area contributed by atoms with Crippen molar-refractivity contribution in [3.8, 4) is 5.75 Å². The van der Waals surface area contributed by atoms with E-state index in [1.54, 1.807) is 24.3 Å². The molecule has 1 heterocycles. The van der Waals surface area contributed by atoms with Crippen LogP contribution in [0.4, 0.5) is 29.3 Å². The highest BCUT2D eigenvalue weighted by atomic mass is 35.5. The van der Waals surface area contributed by atoms with Crippen molar-refractivity contribution in [3.05, 3.63) is 93.3 Å². The Morgan fingerprint density at radius 3 is 2.34 bits per heavy atom. The maximum Gasteiger partial charge on any atom is 0.416 e. The summed E-state index contributed by atoms with van der Waals surface area (Å²) >= 11 is 6.59. The lowest BCUT2D eigenvalue weighted by Gasteiger charge is -2.12. The average molecular weight is 518 g/mol. The lowest BCUT2D eigenvalue weighted by molar-refractivity contribution is -0.137. The minimum atomic E-state index is -4.51. The summed E-state index contributed by atoms with van der Waals surface area (Å²) in [5, 5.41) is 18.0. The van der Waals surface area contributed by atoms with Crippen LogP contribution in [0, 0.1) is 0 Å². The van der Waals surface area contributed by atoms with Crippen molar-refractivity contribution in [1.29, 1.82) is 0 Å². The molecule has 35 heavy (non-hydrogen) atoms. The zero-order valence-electron chi connectivity index (χ0n) is 17.7. The van der Waals surface area contributed by atoms with Crippen molar-refractivity contribution in [1.82, 2.24) is 4.90 Å². The van der Waals surface area contributed by atoms with Gasteiger partial charge in [0.15, 0.2) is 0 Å². The number of amides is 2. The molecule has 0 aliphatic carbocycles. The van der Waals surface area contributed by atoms with Crippen molar-refractivity contribution in [2.75, 3.05) is 0 Å². The molecule has 1 fully saturated rings. The minimum Gasteiger partial charge on any atom is -0.507 e. The van der Waals surface area contributed by atoms with Gasteiger partial charge in [0, 0.05) is 10.6 Å². The fourth-order valence-electron chi connectivity index (χ4n) is 3.13. The quantitative estimate of drug-likeness (QED) is 0.277. The summed E-state index contributed by atoms with van der Waals surface area (Å²) in [6.45, 7) is 0.0659. The SMILES string of the molecule is O=C1S/C(=C\c2cc(N=Nc3cccc(C(F)(F)F)c3)ccc2O)C(=O)N1Cc1ccc(Cl)cc1. The zero-order chi connectivity index (χ0) is 25.2. The molecule has 1 aliphatic heterocycles. The van der Waals surface area contributed by atoms with E-state index in [4.69, 9.17) is 11.6 Å². The second kappa shape index (κ2) is 9.93. The number of carbonyl (C=O) groups excluding carboxylic acids is 2. The maximum atomic E-state index is 12.9. The van der Waals surface area contributed by atoms with E-state index in [2.05, 4.69) is 10.2 Å². The number of hydrogen-bond donors (Lipinski definition) is 1. The second-order valence-corrected chi connectivity index (χ2v) is 8.82. The van der Waals surface area contributed by atoms with Gasteiger partial charge in [-0.3, -0.25) is 14.5 Å². The molecule has 0 radical (unpaired) electrons. The lowest BCUT2D eigenvalue weighted by atomic mass is 10.1. The van der Waals surface area contributed by atoms with Crippen LogP contribution in [-0.2, 0) is 17.5 Å². The number of halogens is 4. The van der Waals surface area contributed by atoms with E-state index in [9.17, 15) is 27.9 Å². The van der Waals surface area contributed by atoms with Crippen molar-refractivity contribution in [3.63, 3.8) is 0 Å². The second-order valence-electron chi connectivity index (χ2n) is 7.39. The Hall–Kier alpha value is -3.63. The number of thioether (sulfide) groups is 1. The van der Waals surface area contributed by atoms with Gasteiger partial charge in [-0.05, 0) is 71.9 Å². The Labute approximate surface area is 206 Å². The molecular formula is C24H15ClF3N3O3S. The molecule has 1 aliphatic rings. The summed E-state index contributed by atoms with van der Waals surface area (Å²) in [6, 6.07) is 15.2. The van der Waals surface area contributed by atoms with Crippen molar-refractivity contribution >= 4 is 52.0 Å². The van der Waals surface area contributed by atoms with Gasteiger partial charge in [0.25, 0.3) is 11.1 Å². The Morgan fingerprint density at radius 1 is 0.971 bits per heavy atom. The van der Waals surface area contributed by atoms with E-state index in [0.717, 1.165) is 34.4 Å². The van der Waals surface area contributed by atoms with E-state index in [1.807, 2.05) is 0 Å². The van der Waals surface area contributed by atoms with Crippen LogP contribution in [0.15, 0.2) is 81.9 Å². The number of aromatic hydroxyl groups is 1. The first-order valence-electron chi connectivity index (χ1n) is 10.0. The van der Waals surface area contributed by atoms with Gasteiger partial charge in [0.2, 0.25) is 0 Å². The molecule has 1 N–H and O–H groups in total. The largest absolute Gasteiger partial charge is 0.507 e. The number of carbonyl (C=O) groups is 2. The molecular weight excluding hydrogens is 503 g/mol. The van der Waals surface area contributed by atoms with Gasteiger partial charge in [-0.2, -0.15) is 23.4 Å². The van der Waals surface area contributed by atoms with Gasteiger partial charge >= 0.3 is 6.18 Å². The number of benzene rings is 3. The summed E-state index contributed by atoms with van der Waals surface area (Å²) in [5.41, 5.74) is 0.291. The molecule has 0 bridgehead atoms. The smallest absolute Gasteiger partial charge is 0.416 e. The highest BCUT2D eigenvalue weighted by Gasteiger charge is 2.35. The van der Waals surface area contributed by atoms with Crippen LogP contribution in [0.3, 0.4) is 0 Å². The van der Waals surface area contributed by atoms with Gasteiger partial charge in [0.05, 0.1) is 28.4 Å². The predicted molar refractivity (Wildman–Crippen MR) is 127 cm³/mol. The molecule has 0 atom stereocenters. The number of hydrogen-bond acceptors (Lipinski definition) is 6. The van der Waals surface area contributed by atoms with Crippen molar-refractivity contribution in [2.24, 2.45) is 10.2 Å². The molecule has 2 amide bonds. The molecule has 4 rings (SSSR count). The third-order valence-electron chi connectivity index (χ3n) is 4.88. The predicted octanol–water partition coefficient (Wildman–Crippen LogP) is 7.72. The van der Waals surface area contributed by atoms with E-state index in [0.29, 0.717) is 5.02 Å². The van der Waals surface area contributed by atoms with Gasteiger partial charge in [-0.1, -0.05) is 29.8 Å². The topological polar surface area (TPSA) is 82.3 Å². The molecule has 1 saturated heterocycles. The summed E-state index contributed by atoms with van der Waals surface area (Å²) in [5.74, 6) is -0.696. The molecule has 0 unspecified atom stereocenters. The fraction of sp³-hybridized carbons (Fsp3) is 0.0833. The number of imide groups is 1. The van der Waals surface area contributed by atoms with Crippen LogP contribution in [0.2, 0.25) is 5.02 Å². The first kappa shape index (κ1) is 24.5. The van der Waals surface area contributed by atoms with Crippen LogP contribution in [-0.4, -0.2) is 21.2 Å². The number of alkyl halides is 3. The number of phenolic OH excluding ortho intramolecular Hbond substituents is 1. The summed E-state index contributed by atoms with van der Waals surface area (Å²) < 4.78 is 38.6. The van der Waals surface area contributed by atoms with Crippen molar-refractivity contribution in [2.45, 2.75) is 12.7 Å². The van der Waals surface area contributed by atoms with Crippen LogP contribution in [0.1, 0.15) is 16.7 Å². The standard InChI is InChI=1S/C24H15ClF3N3O3S/c25-17-6-4-14(5-7-17)13-31-22(33)21(35-23(31)34)11-15-10-19(8-9-20(15)32)30-29-18-3-1-2-16(12-18)24(26,27)28/h1-12,32H,13H2/b21-11-,30-29?. The van der Waals surface area contributed by atoms with E-state index >= 15 is 0 Å². The number of rotatable bonds is 5. The Bertz CT molecular complexity index is 1360. The van der Waals surface area contributed by atoms with Gasteiger partial charge in [-0.25, -0.2) is 0 Å². The monoisotopic (exact) mass is 517 g/mol. The van der Waals surface area contributed by atoms with Crippen molar-refractivity contribution < 1.29 is 27.9 Å². The first-order chi connectivity index (χ1) is 16.6. The summed E-state index contributed by atoms with van der Waals surface area (Å²) in [7, 11) is 0. The molecule has 11 heteroatoms. The molecule has 3 aromatic rings. The number of phenols is 1. The van der Waals surface area contributed by atoms with E-state index in [-0.39, 0.29) is 34.1 Å². The Morgan fingerprint density at radius 2 is 1.66 bits per heavy atom. The van der Waals surface area contributed by atoms with E-state index < -0.39 is 22.9 Å². The molecule has 0 spiro atoms. The lowest BCUT2D eigenvalue weighted by Crippen LogP contribution is -2.27. The molecule has 0 aromatic heterocycles. The fourth-order valence-corrected chi connectivity index (χ4v) is 4.08. The molecule has 178 valence electrons. The van der Waals surface area contributed by atoms with Crippen LogP contribution in [0.25, 0.3) is 6.08 Å². The highest BCUT2D eigenvalue weighted by molar-refractivity contribution is 8.18. The van der Waals surface area contributed by atoms with Crippen LogP contribution >= 0.6 is 23.4 Å². The summed E-state index contributed by atoms with van der Waals surface area (Å²) in [6.07, 6.45) is -3.15. The van der Waals surface area contributed by atoms with Gasteiger partial charge < -0.3 is 5.11 Å². The normalized spacial score (nSPS) is 15.5. The zero-order valence-corrected chi connectivity index (χ0v) is 19.2.